The van der Waals surface area contributed by atoms with E-state index in [0.717, 1.165) is 63.7 Å². The van der Waals surface area contributed by atoms with Crippen molar-refractivity contribution >= 4 is 17.9 Å². The summed E-state index contributed by atoms with van der Waals surface area (Å²) in [7, 11) is 0. The average molecular weight is 821 g/mol. The molecule has 0 N–H and O–H groups in total. The third kappa shape index (κ3) is 45.5. The summed E-state index contributed by atoms with van der Waals surface area (Å²) in [6.07, 6.45) is 48.0. The lowest BCUT2D eigenvalue weighted by atomic mass is 10.0. The van der Waals surface area contributed by atoms with E-state index in [2.05, 4.69) is 27.7 Å². The maximum absolute atomic E-state index is 12.8. The molecule has 0 fully saturated rings. The highest BCUT2D eigenvalue weighted by atomic mass is 16.6. The van der Waals surface area contributed by atoms with Gasteiger partial charge in [-0.1, -0.05) is 252 Å². The topological polar surface area (TPSA) is 78.9 Å². The minimum absolute atomic E-state index is 0.0629. The lowest BCUT2D eigenvalue weighted by molar-refractivity contribution is -0.167. The summed E-state index contributed by atoms with van der Waals surface area (Å²) in [6.45, 7) is 9.01. The third-order valence-corrected chi connectivity index (χ3v) is 11.8. The van der Waals surface area contributed by atoms with E-state index in [0.29, 0.717) is 19.3 Å². The molecule has 0 unspecified atom stereocenters. The van der Waals surface area contributed by atoms with Gasteiger partial charge in [0.05, 0.1) is 0 Å². The maximum atomic E-state index is 12.8. The quantitative estimate of drug-likeness (QED) is 0.0346. The first kappa shape index (κ1) is 56.4. The van der Waals surface area contributed by atoms with E-state index in [9.17, 15) is 14.4 Å². The number of unbranched alkanes of at least 4 members (excludes halogenated alkanes) is 34. The van der Waals surface area contributed by atoms with Gasteiger partial charge in [0.1, 0.15) is 13.2 Å². The highest BCUT2D eigenvalue weighted by Gasteiger charge is 2.19. The predicted molar refractivity (Wildman–Crippen MR) is 247 cm³/mol. The van der Waals surface area contributed by atoms with Crippen LogP contribution >= 0.6 is 0 Å². The lowest BCUT2D eigenvalue weighted by Gasteiger charge is -2.18. The lowest BCUT2D eigenvalue weighted by Crippen LogP contribution is -2.30. The van der Waals surface area contributed by atoms with E-state index in [1.807, 2.05) is 0 Å². The Morgan fingerprint density at radius 1 is 0.328 bits per heavy atom. The predicted octanol–water partition coefficient (Wildman–Crippen LogP) is 16.7. The van der Waals surface area contributed by atoms with Gasteiger partial charge >= 0.3 is 17.9 Å². The first-order valence-corrected chi connectivity index (χ1v) is 25.9. The molecular weight excluding hydrogens is 721 g/mol. The van der Waals surface area contributed by atoms with Crippen LogP contribution in [0.2, 0.25) is 0 Å². The minimum atomic E-state index is -0.760. The van der Waals surface area contributed by atoms with Crippen LogP contribution in [0.3, 0.4) is 0 Å². The first-order chi connectivity index (χ1) is 28.4. The summed E-state index contributed by atoms with van der Waals surface area (Å²) < 4.78 is 16.8. The maximum Gasteiger partial charge on any atom is 0.306 e. The molecule has 58 heavy (non-hydrogen) atoms. The van der Waals surface area contributed by atoms with Crippen LogP contribution in [0.4, 0.5) is 0 Å². The Morgan fingerprint density at radius 2 is 0.569 bits per heavy atom. The van der Waals surface area contributed by atoms with Crippen LogP contribution in [-0.4, -0.2) is 37.2 Å². The van der Waals surface area contributed by atoms with Crippen molar-refractivity contribution in [1.82, 2.24) is 0 Å². The van der Waals surface area contributed by atoms with Crippen LogP contribution in [0.25, 0.3) is 0 Å². The van der Waals surface area contributed by atoms with E-state index in [1.165, 1.54) is 186 Å². The van der Waals surface area contributed by atoms with Crippen molar-refractivity contribution < 1.29 is 28.6 Å². The second-order valence-electron chi connectivity index (χ2n) is 18.3. The Hall–Kier alpha value is -1.59. The molecule has 0 aromatic rings. The van der Waals surface area contributed by atoms with Crippen LogP contribution in [0.1, 0.15) is 291 Å². The molecule has 0 aliphatic heterocycles. The van der Waals surface area contributed by atoms with Crippen LogP contribution < -0.4 is 0 Å². The SMILES string of the molecule is CCCCCCCCCCCCCCCCCCC(=O)O[C@@H](COC(=O)CCCCCCCCCCC)COC(=O)CCCCCCCCCCCCCCC(C)C. The standard InChI is InChI=1S/C52H100O6/c1-5-7-9-11-13-15-16-17-18-19-20-25-29-33-37-41-45-52(55)58-49(46-56-50(53)43-39-35-31-26-14-12-10-8-6-2)47-57-51(54)44-40-36-32-28-24-22-21-23-27-30-34-38-42-48(3)4/h48-49H,5-47H2,1-4H3/t49-/m0/s1. The summed E-state index contributed by atoms with van der Waals surface area (Å²) in [5, 5.41) is 0. The Morgan fingerprint density at radius 3 is 0.845 bits per heavy atom. The molecule has 0 rings (SSSR count). The molecule has 6 nitrogen and oxygen atoms in total. The van der Waals surface area contributed by atoms with Crippen molar-refractivity contribution in [3.05, 3.63) is 0 Å². The van der Waals surface area contributed by atoms with Crippen molar-refractivity contribution in [3.8, 4) is 0 Å². The smallest absolute Gasteiger partial charge is 0.306 e. The minimum Gasteiger partial charge on any atom is -0.462 e. The number of esters is 3. The highest BCUT2D eigenvalue weighted by Crippen LogP contribution is 2.17. The molecule has 0 saturated heterocycles. The fraction of sp³-hybridized carbons (Fsp3) is 0.942. The second-order valence-corrected chi connectivity index (χ2v) is 18.3. The molecule has 0 heterocycles. The Bertz CT molecular complexity index is 872. The summed E-state index contributed by atoms with van der Waals surface area (Å²) in [6, 6.07) is 0. The van der Waals surface area contributed by atoms with Gasteiger partial charge in [-0.15, -0.1) is 0 Å². The van der Waals surface area contributed by atoms with Gasteiger partial charge in [0, 0.05) is 19.3 Å². The van der Waals surface area contributed by atoms with Gasteiger partial charge in [-0.25, -0.2) is 0 Å². The Labute approximate surface area is 361 Å². The molecule has 0 aliphatic carbocycles. The number of carbonyl (C=O) groups excluding carboxylic acids is 3. The van der Waals surface area contributed by atoms with E-state index in [-0.39, 0.29) is 31.1 Å². The molecule has 6 heteroatoms. The van der Waals surface area contributed by atoms with E-state index >= 15 is 0 Å². The number of hydrogen-bond acceptors (Lipinski definition) is 6. The fourth-order valence-corrected chi connectivity index (χ4v) is 7.86. The third-order valence-electron chi connectivity index (χ3n) is 11.8. The summed E-state index contributed by atoms with van der Waals surface area (Å²) in [4.78, 5) is 37.9. The Kier molecular flexibility index (Phi) is 45.2. The van der Waals surface area contributed by atoms with Crippen LogP contribution in [0.5, 0.6) is 0 Å². The van der Waals surface area contributed by atoms with Crippen molar-refractivity contribution in [2.75, 3.05) is 13.2 Å². The van der Waals surface area contributed by atoms with E-state index in [1.54, 1.807) is 0 Å². The molecule has 0 saturated carbocycles. The first-order valence-electron chi connectivity index (χ1n) is 25.9. The molecular formula is C52H100O6. The molecule has 0 amide bonds. The molecule has 0 radical (unpaired) electrons. The van der Waals surface area contributed by atoms with Gasteiger partial charge in [0.2, 0.25) is 0 Å². The monoisotopic (exact) mass is 821 g/mol. The van der Waals surface area contributed by atoms with E-state index < -0.39 is 6.10 Å². The van der Waals surface area contributed by atoms with Gasteiger partial charge in [-0.3, -0.25) is 14.4 Å². The second kappa shape index (κ2) is 46.5. The van der Waals surface area contributed by atoms with Crippen molar-refractivity contribution in [2.45, 2.75) is 297 Å². The highest BCUT2D eigenvalue weighted by molar-refractivity contribution is 5.71. The van der Waals surface area contributed by atoms with Crippen molar-refractivity contribution in [2.24, 2.45) is 5.92 Å². The molecule has 1 atom stereocenters. The van der Waals surface area contributed by atoms with Gasteiger partial charge < -0.3 is 14.2 Å². The summed E-state index contributed by atoms with van der Waals surface area (Å²) in [5.74, 6) is -0.0128. The van der Waals surface area contributed by atoms with Crippen LogP contribution in [-0.2, 0) is 28.6 Å². The summed E-state index contributed by atoms with van der Waals surface area (Å²) in [5.41, 5.74) is 0. The zero-order chi connectivity index (χ0) is 42.4. The van der Waals surface area contributed by atoms with Gasteiger partial charge in [0.25, 0.3) is 0 Å². The van der Waals surface area contributed by atoms with E-state index in [4.69, 9.17) is 14.2 Å². The largest absolute Gasteiger partial charge is 0.462 e. The number of rotatable bonds is 47. The van der Waals surface area contributed by atoms with Gasteiger partial charge in [0.15, 0.2) is 6.10 Å². The van der Waals surface area contributed by atoms with Gasteiger partial charge in [-0.2, -0.15) is 0 Å². The number of carbonyl (C=O) groups is 3. The summed E-state index contributed by atoms with van der Waals surface area (Å²) >= 11 is 0. The van der Waals surface area contributed by atoms with Crippen LogP contribution in [0.15, 0.2) is 0 Å². The molecule has 0 aromatic heterocycles. The molecule has 0 aromatic carbocycles. The molecule has 0 spiro atoms. The fourth-order valence-electron chi connectivity index (χ4n) is 7.86. The molecule has 344 valence electrons. The zero-order valence-corrected chi connectivity index (χ0v) is 39.5. The average Bonchev–Trinajstić information content (AvgIpc) is 3.21. The molecule has 0 aliphatic rings. The normalized spacial score (nSPS) is 11.9. The number of hydrogen-bond donors (Lipinski definition) is 0. The number of ether oxygens (including phenoxy) is 3. The van der Waals surface area contributed by atoms with Crippen molar-refractivity contribution in [1.29, 1.82) is 0 Å². The zero-order valence-electron chi connectivity index (χ0n) is 39.5. The molecule has 0 bridgehead atoms. The van der Waals surface area contributed by atoms with Crippen LogP contribution in [0, 0.1) is 5.92 Å². The van der Waals surface area contributed by atoms with Gasteiger partial charge in [-0.05, 0) is 25.2 Å². The van der Waals surface area contributed by atoms with Crippen molar-refractivity contribution in [3.63, 3.8) is 0 Å². The Balaban J connectivity index is 4.26.